The van der Waals surface area contributed by atoms with Crippen LogP contribution < -0.4 is 14.8 Å². The fourth-order valence-electron chi connectivity index (χ4n) is 4.82. The van der Waals surface area contributed by atoms with Crippen molar-refractivity contribution in [3.63, 3.8) is 0 Å². The summed E-state index contributed by atoms with van der Waals surface area (Å²) in [7, 11) is 3.92. The summed E-state index contributed by atoms with van der Waals surface area (Å²) >= 11 is 0. The molecule has 0 radical (unpaired) electrons. The van der Waals surface area contributed by atoms with Crippen molar-refractivity contribution in [2.45, 2.75) is 18.9 Å². The maximum absolute atomic E-state index is 13.0. The van der Waals surface area contributed by atoms with Crippen LogP contribution in [0.3, 0.4) is 0 Å². The van der Waals surface area contributed by atoms with Crippen LogP contribution in [0.5, 0.6) is 11.6 Å². The number of rotatable bonds is 2. The van der Waals surface area contributed by atoms with Crippen LogP contribution in [0.15, 0.2) is 36.7 Å². The van der Waals surface area contributed by atoms with Crippen LogP contribution >= 0.6 is 0 Å². The number of pyridine rings is 1. The first-order valence-corrected chi connectivity index (χ1v) is 12.5. The van der Waals surface area contributed by atoms with Gasteiger partial charge in [0.2, 0.25) is 5.88 Å². The quantitative estimate of drug-likeness (QED) is 0.436. The number of H-pyrrole nitrogens is 1. The van der Waals surface area contributed by atoms with Gasteiger partial charge in [-0.1, -0.05) is 6.07 Å². The van der Waals surface area contributed by atoms with Crippen molar-refractivity contribution in [3.8, 4) is 22.9 Å². The highest BCUT2D eigenvalue weighted by Crippen LogP contribution is 2.31. The minimum atomic E-state index is -0.0861. The van der Waals surface area contributed by atoms with Crippen LogP contribution in [0.2, 0.25) is 0 Å². The van der Waals surface area contributed by atoms with Crippen LogP contribution in [0, 0.1) is 0 Å². The number of ether oxygens (including phenoxy) is 2. The molecule has 2 aliphatic heterocycles. The zero-order valence-corrected chi connectivity index (χ0v) is 20.9. The maximum atomic E-state index is 13.0. The minimum Gasteiger partial charge on any atom is -0.493 e. The van der Waals surface area contributed by atoms with E-state index in [1.807, 2.05) is 43.5 Å². The predicted molar refractivity (Wildman–Crippen MR) is 140 cm³/mol. The van der Waals surface area contributed by atoms with Gasteiger partial charge in [-0.2, -0.15) is 10.2 Å². The molecule has 10 heteroatoms. The smallest absolute Gasteiger partial charge is 0.251 e. The molecule has 3 aromatic heterocycles. The Hall–Kier alpha value is -4.18. The fourth-order valence-corrected chi connectivity index (χ4v) is 4.82. The Morgan fingerprint density at radius 1 is 1.14 bits per heavy atom. The second kappa shape index (κ2) is 9.70. The predicted octanol–water partition coefficient (Wildman–Crippen LogP) is 3.12. The molecule has 2 N–H and O–H groups in total. The first-order chi connectivity index (χ1) is 18.0. The number of likely N-dealkylation sites (N-methyl/N-ethyl adjacent to an activating group) is 1. The van der Waals surface area contributed by atoms with Crippen molar-refractivity contribution in [2.75, 3.05) is 33.4 Å². The first kappa shape index (κ1) is 23.2. The lowest BCUT2D eigenvalue weighted by Gasteiger charge is -2.15. The highest BCUT2D eigenvalue weighted by Gasteiger charge is 2.22. The number of amides is 1. The van der Waals surface area contributed by atoms with E-state index in [-0.39, 0.29) is 11.9 Å². The molecule has 1 saturated heterocycles. The summed E-state index contributed by atoms with van der Waals surface area (Å²) in [6.07, 6.45) is 9.06. The third-order valence-corrected chi connectivity index (χ3v) is 6.85. The summed E-state index contributed by atoms with van der Waals surface area (Å²) in [5, 5.41) is 16.0. The molecule has 4 aromatic rings. The number of aryl methyl sites for hydroxylation is 1. The average molecular weight is 500 g/mol. The van der Waals surface area contributed by atoms with E-state index in [0.29, 0.717) is 36.8 Å². The van der Waals surface area contributed by atoms with E-state index < -0.39 is 0 Å². The van der Waals surface area contributed by atoms with E-state index in [9.17, 15) is 4.79 Å². The second-order valence-corrected chi connectivity index (χ2v) is 9.57. The second-order valence-electron chi connectivity index (χ2n) is 9.57. The van der Waals surface area contributed by atoms with Gasteiger partial charge in [0.1, 0.15) is 5.75 Å². The molecule has 6 rings (SSSR count). The summed E-state index contributed by atoms with van der Waals surface area (Å²) < 4.78 is 14.0. The molecule has 1 atom stereocenters. The molecule has 1 amide bonds. The minimum absolute atomic E-state index is 0.0861. The van der Waals surface area contributed by atoms with Crippen molar-refractivity contribution < 1.29 is 14.3 Å². The first-order valence-electron chi connectivity index (χ1n) is 12.5. The molecule has 190 valence electrons. The number of carbonyl (C=O) groups is 1. The largest absolute Gasteiger partial charge is 0.493 e. The molecule has 1 aromatic carbocycles. The topological polar surface area (TPSA) is 110 Å². The molecular weight excluding hydrogens is 470 g/mol. The van der Waals surface area contributed by atoms with Gasteiger partial charge in [0.15, 0.2) is 0 Å². The molecule has 0 saturated carbocycles. The normalized spacial score (nSPS) is 17.9. The number of nitrogens with zero attached hydrogens (tertiary/aromatic N) is 5. The number of benzene rings is 1. The Morgan fingerprint density at radius 3 is 2.89 bits per heavy atom. The third-order valence-electron chi connectivity index (χ3n) is 6.85. The lowest BCUT2D eigenvalue weighted by atomic mass is 10.1. The van der Waals surface area contributed by atoms with Crippen molar-refractivity contribution in [3.05, 3.63) is 53.5 Å². The number of fused-ring (bicyclic) bond motifs is 4. The monoisotopic (exact) mass is 499 g/mol. The molecule has 5 heterocycles. The standard InChI is InChI=1S/C27H29N7O3/c1-33-9-8-19(16-33)30-26(35)18-5-4-17-6-7-22-20-13-23(28-15-24(20)32-31-22)21-14-29-34(2)27(21)37-11-3-10-36-25(17)12-18/h4-7,12-15,19H,3,8-11,16H2,1-2H3,(H,30,35)(H,31,32)/t19-/m1/s1. The van der Waals surface area contributed by atoms with Crippen LogP contribution in [0.1, 0.15) is 34.5 Å². The Morgan fingerprint density at radius 2 is 2.03 bits per heavy atom. The highest BCUT2D eigenvalue weighted by atomic mass is 16.5. The maximum Gasteiger partial charge on any atom is 0.251 e. The molecule has 1 fully saturated rings. The number of hydrogen-bond donors (Lipinski definition) is 2. The van der Waals surface area contributed by atoms with Crippen molar-refractivity contribution in [1.29, 1.82) is 0 Å². The molecule has 10 nitrogen and oxygen atoms in total. The Balaban J connectivity index is 1.34. The Kier molecular flexibility index (Phi) is 6.09. The van der Waals surface area contributed by atoms with Crippen LogP contribution in [-0.2, 0) is 7.05 Å². The van der Waals surface area contributed by atoms with Gasteiger partial charge in [-0.15, -0.1) is 0 Å². The number of aromatic amines is 1. The van der Waals surface area contributed by atoms with Crippen LogP contribution in [0.25, 0.3) is 34.3 Å². The third kappa shape index (κ3) is 4.67. The van der Waals surface area contributed by atoms with Gasteiger partial charge < -0.3 is 19.7 Å². The van der Waals surface area contributed by atoms with E-state index in [4.69, 9.17) is 9.47 Å². The molecule has 0 unspecified atom stereocenters. The lowest BCUT2D eigenvalue weighted by Crippen LogP contribution is -2.36. The summed E-state index contributed by atoms with van der Waals surface area (Å²) in [6, 6.07) is 7.73. The number of likely N-dealkylation sites (tertiary alicyclic amines) is 1. The van der Waals surface area contributed by atoms with E-state index in [1.165, 1.54) is 0 Å². The van der Waals surface area contributed by atoms with Gasteiger partial charge in [0.25, 0.3) is 5.91 Å². The van der Waals surface area contributed by atoms with Gasteiger partial charge in [0, 0.05) is 42.6 Å². The molecule has 37 heavy (non-hydrogen) atoms. The van der Waals surface area contributed by atoms with Gasteiger partial charge in [-0.05, 0) is 50.4 Å². The summed E-state index contributed by atoms with van der Waals surface area (Å²) in [5.74, 6) is 1.21. The average Bonchev–Trinajstić information content (AvgIpc) is 3.60. The Bertz CT molecular complexity index is 1490. The van der Waals surface area contributed by atoms with E-state index >= 15 is 0 Å². The number of carbonyl (C=O) groups excluding carboxylic acids is 1. The van der Waals surface area contributed by atoms with E-state index in [0.717, 1.165) is 52.9 Å². The fraction of sp³-hybridized carbons (Fsp3) is 0.333. The highest BCUT2D eigenvalue weighted by molar-refractivity contribution is 5.96. The van der Waals surface area contributed by atoms with E-state index in [2.05, 4.69) is 37.5 Å². The molecule has 2 aliphatic rings. The van der Waals surface area contributed by atoms with Gasteiger partial charge in [-0.3, -0.25) is 14.9 Å². The van der Waals surface area contributed by atoms with Crippen molar-refractivity contribution >= 4 is 29.0 Å². The summed E-state index contributed by atoms with van der Waals surface area (Å²) in [4.78, 5) is 19.8. The molecular formula is C27H29N7O3. The Labute approximate surface area is 214 Å². The van der Waals surface area contributed by atoms with Gasteiger partial charge in [-0.25, -0.2) is 4.68 Å². The molecule has 2 bridgehead atoms. The van der Waals surface area contributed by atoms with Crippen molar-refractivity contribution in [2.24, 2.45) is 7.05 Å². The lowest BCUT2D eigenvalue weighted by molar-refractivity contribution is 0.0938. The SMILES string of the molecule is CN1CC[C@@H](NC(=O)c2ccc3c(c2)OCCCOc2c(cnn2C)-c2cc4c(n[nH]c4cn2)C=C3)C1. The van der Waals surface area contributed by atoms with Gasteiger partial charge >= 0.3 is 0 Å². The van der Waals surface area contributed by atoms with Crippen molar-refractivity contribution in [1.82, 2.24) is 35.2 Å². The number of aromatic nitrogens is 5. The van der Waals surface area contributed by atoms with Gasteiger partial charge in [0.05, 0.1) is 48.1 Å². The number of hydrogen-bond acceptors (Lipinski definition) is 7. The van der Waals surface area contributed by atoms with E-state index in [1.54, 1.807) is 17.1 Å². The summed E-state index contributed by atoms with van der Waals surface area (Å²) in [5.41, 5.74) is 4.64. The summed E-state index contributed by atoms with van der Waals surface area (Å²) in [6.45, 7) is 2.74. The molecule has 0 aliphatic carbocycles. The zero-order valence-electron chi connectivity index (χ0n) is 20.9. The number of nitrogens with one attached hydrogen (secondary N) is 2. The van der Waals surface area contributed by atoms with Crippen LogP contribution in [-0.4, -0.2) is 75.2 Å². The zero-order chi connectivity index (χ0) is 25.4. The van der Waals surface area contributed by atoms with Crippen LogP contribution in [0.4, 0.5) is 0 Å². The molecule has 0 spiro atoms.